The summed E-state index contributed by atoms with van der Waals surface area (Å²) in [4.78, 5) is 2.68. The van der Waals surface area contributed by atoms with Crippen LogP contribution in [0.2, 0.25) is 0 Å². The molecule has 4 aromatic carbocycles. The molecule has 0 atom stereocenters. The van der Waals surface area contributed by atoms with Crippen LogP contribution in [0.15, 0.2) is 113 Å². The van der Waals surface area contributed by atoms with Gasteiger partial charge >= 0.3 is 0 Å². The Hall–Kier alpha value is -2.77. The molecule has 0 unspecified atom stereocenters. The van der Waals surface area contributed by atoms with Crippen LogP contribution in [-0.4, -0.2) is 0 Å². The molecule has 138 valence electrons. The third-order valence-corrected chi connectivity index (χ3v) is 6.28. The molecule has 0 heterocycles. The molecule has 0 aliphatic heterocycles. The average molecular weight is 381 g/mol. The van der Waals surface area contributed by atoms with Crippen molar-refractivity contribution in [2.75, 3.05) is 0 Å². The van der Waals surface area contributed by atoms with Crippen molar-refractivity contribution >= 4 is 11.8 Å². The van der Waals surface area contributed by atoms with Gasteiger partial charge < -0.3 is 0 Å². The van der Waals surface area contributed by atoms with E-state index in [1.54, 1.807) is 0 Å². The number of aryl methyl sites for hydroxylation is 1. The first kappa shape index (κ1) is 18.6. The summed E-state index contributed by atoms with van der Waals surface area (Å²) in [5, 5.41) is 0. The first-order chi connectivity index (χ1) is 13.8. The molecule has 1 heteroatoms. The molecule has 0 aliphatic carbocycles. The summed E-state index contributed by atoms with van der Waals surface area (Å²) < 4.78 is 0. The number of hydrogen-bond acceptors (Lipinski definition) is 1. The summed E-state index contributed by atoms with van der Waals surface area (Å²) in [6.07, 6.45) is 1.93. The first-order valence-electron chi connectivity index (χ1n) is 9.72. The molecular formula is C27H24S. The van der Waals surface area contributed by atoms with Gasteiger partial charge in [-0.2, -0.15) is 0 Å². The van der Waals surface area contributed by atoms with Gasteiger partial charge in [-0.1, -0.05) is 103 Å². The number of rotatable bonds is 6. The van der Waals surface area contributed by atoms with Crippen LogP contribution >= 0.6 is 11.8 Å². The van der Waals surface area contributed by atoms with E-state index in [2.05, 4.69) is 110 Å². The molecule has 0 aromatic heterocycles. The lowest BCUT2D eigenvalue weighted by Crippen LogP contribution is -1.95. The molecule has 0 spiro atoms. The zero-order valence-electron chi connectivity index (χ0n) is 16.1. The maximum Gasteiger partial charge on any atom is 0.0157 e. The quantitative estimate of drug-likeness (QED) is 0.337. The zero-order valence-corrected chi connectivity index (χ0v) is 17.0. The van der Waals surface area contributed by atoms with E-state index >= 15 is 0 Å². The Kier molecular flexibility index (Phi) is 5.94. The van der Waals surface area contributed by atoms with Gasteiger partial charge in [-0.3, -0.25) is 0 Å². The Labute approximate surface area is 172 Å². The molecule has 0 amide bonds. The predicted octanol–water partition coefficient (Wildman–Crippen LogP) is 7.33. The average Bonchev–Trinajstić information content (AvgIpc) is 2.73. The van der Waals surface area contributed by atoms with Crippen molar-refractivity contribution in [3.05, 3.63) is 131 Å². The smallest absolute Gasteiger partial charge is 0.0157 e. The van der Waals surface area contributed by atoms with E-state index in [9.17, 15) is 0 Å². The van der Waals surface area contributed by atoms with Crippen molar-refractivity contribution in [2.24, 2.45) is 0 Å². The summed E-state index contributed by atoms with van der Waals surface area (Å²) in [6, 6.07) is 36.9. The fraction of sp³-hybridized carbons (Fsp3) is 0.111. The minimum absolute atomic E-state index is 0.962. The van der Waals surface area contributed by atoms with Crippen molar-refractivity contribution in [1.82, 2.24) is 0 Å². The maximum atomic E-state index is 2.26. The van der Waals surface area contributed by atoms with Gasteiger partial charge in [0.2, 0.25) is 0 Å². The second-order valence-electron chi connectivity index (χ2n) is 7.08. The second-order valence-corrected chi connectivity index (χ2v) is 8.17. The SMILES string of the molecule is Cc1ccccc1Cc1ccccc1Sc1ccccc1Cc1ccccc1. The van der Waals surface area contributed by atoms with Gasteiger partial charge in [0.05, 0.1) is 0 Å². The number of benzene rings is 4. The van der Waals surface area contributed by atoms with Gasteiger partial charge in [0.15, 0.2) is 0 Å². The van der Waals surface area contributed by atoms with E-state index in [1.165, 1.54) is 37.6 Å². The Morgan fingerprint density at radius 2 is 1.00 bits per heavy atom. The Morgan fingerprint density at radius 1 is 0.500 bits per heavy atom. The standard InChI is InChI=1S/C27H24S/c1-21-11-5-6-14-23(21)20-25-16-8-10-18-27(25)28-26-17-9-7-15-24(26)19-22-12-3-2-4-13-22/h2-18H,19-20H2,1H3. The van der Waals surface area contributed by atoms with E-state index in [4.69, 9.17) is 0 Å². The number of hydrogen-bond donors (Lipinski definition) is 0. The van der Waals surface area contributed by atoms with Crippen LogP contribution in [0.1, 0.15) is 27.8 Å². The van der Waals surface area contributed by atoms with Crippen molar-refractivity contribution in [3.8, 4) is 0 Å². The second kappa shape index (κ2) is 8.95. The third kappa shape index (κ3) is 4.55. The zero-order chi connectivity index (χ0) is 19.2. The highest BCUT2D eigenvalue weighted by atomic mass is 32.2. The topological polar surface area (TPSA) is 0 Å². The summed E-state index contributed by atoms with van der Waals surface area (Å²) >= 11 is 1.89. The molecule has 0 N–H and O–H groups in total. The molecule has 0 aliphatic rings. The molecular weight excluding hydrogens is 356 g/mol. The van der Waals surface area contributed by atoms with Crippen LogP contribution in [0.4, 0.5) is 0 Å². The fourth-order valence-corrected chi connectivity index (χ4v) is 4.52. The Bertz CT molecular complexity index is 1050. The molecule has 4 rings (SSSR count). The predicted molar refractivity (Wildman–Crippen MR) is 120 cm³/mol. The molecule has 0 fully saturated rings. The van der Waals surface area contributed by atoms with Crippen LogP contribution in [-0.2, 0) is 12.8 Å². The van der Waals surface area contributed by atoms with E-state index in [0.29, 0.717) is 0 Å². The lowest BCUT2D eigenvalue weighted by Gasteiger charge is -2.13. The molecule has 0 bridgehead atoms. The Morgan fingerprint density at radius 3 is 1.64 bits per heavy atom. The van der Waals surface area contributed by atoms with Crippen molar-refractivity contribution in [1.29, 1.82) is 0 Å². The summed E-state index contributed by atoms with van der Waals surface area (Å²) in [5.74, 6) is 0. The third-order valence-electron chi connectivity index (χ3n) is 5.04. The molecule has 28 heavy (non-hydrogen) atoms. The van der Waals surface area contributed by atoms with Gasteiger partial charge in [-0.25, -0.2) is 0 Å². The molecule has 4 aromatic rings. The Balaban J connectivity index is 1.61. The lowest BCUT2D eigenvalue weighted by molar-refractivity contribution is 1.09. The maximum absolute atomic E-state index is 2.26. The highest BCUT2D eigenvalue weighted by Crippen LogP contribution is 2.34. The van der Waals surface area contributed by atoms with Gasteiger partial charge in [-0.15, -0.1) is 0 Å². The van der Waals surface area contributed by atoms with Crippen LogP contribution in [0, 0.1) is 6.92 Å². The molecule has 0 saturated heterocycles. The lowest BCUT2D eigenvalue weighted by atomic mass is 10.0. The van der Waals surface area contributed by atoms with E-state index in [-0.39, 0.29) is 0 Å². The van der Waals surface area contributed by atoms with E-state index < -0.39 is 0 Å². The molecule has 0 saturated carbocycles. The van der Waals surface area contributed by atoms with Gasteiger partial charge in [-0.05, 0) is 59.7 Å². The van der Waals surface area contributed by atoms with Gasteiger partial charge in [0.25, 0.3) is 0 Å². The monoisotopic (exact) mass is 380 g/mol. The molecule has 0 nitrogen and oxygen atoms in total. The highest BCUT2D eigenvalue weighted by molar-refractivity contribution is 7.99. The van der Waals surface area contributed by atoms with Gasteiger partial charge in [0, 0.05) is 9.79 Å². The minimum atomic E-state index is 0.962. The summed E-state index contributed by atoms with van der Waals surface area (Å²) in [7, 11) is 0. The summed E-state index contributed by atoms with van der Waals surface area (Å²) in [6.45, 7) is 2.19. The van der Waals surface area contributed by atoms with Crippen LogP contribution in [0.25, 0.3) is 0 Å². The fourth-order valence-electron chi connectivity index (χ4n) is 3.45. The normalized spacial score (nSPS) is 10.8. The van der Waals surface area contributed by atoms with Crippen molar-refractivity contribution in [3.63, 3.8) is 0 Å². The highest BCUT2D eigenvalue weighted by Gasteiger charge is 2.09. The molecule has 0 radical (unpaired) electrons. The first-order valence-corrected chi connectivity index (χ1v) is 10.5. The van der Waals surface area contributed by atoms with Crippen LogP contribution in [0.5, 0.6) is 0 Å². The van der Waals surface area contributed by atoms with Crippen molar-refractivity contribution in [2.45, 2.75) is 29.6 Å². The van der Waals surface area contributed by atoms with Gasteiger partial charge in [0.1, 0.15) is 0 Å². The van der Waals surface area contributed by atoms with Crippen LogP contribution < -0.4 is 0 Å². The van der Waals surface area contributed by atoms with E-state index in [1.807, 2.05) is 11.8 Å². The van der Waals surface area contributed by atoms with Crippen molar-refractivity contribution < 1.29 is 0 Å². The summed E-state index contributed by atoms with van der Waals surface area (Å²) in [5.41, 5.74) is 6.87. The van der Waals surface area contributed by atoms with E-state index in [0.717, 1.165) is 12.8 Å². The minimum Gasteiger partial charge on any atom is -0.0895 e. The van der Waals surface area contributed by atoms with Crippen LogP contribution in [0.3, 0.4) is 0 Å². The largest absolute Gasteiger partial charge is 0.0895 e.